The van der Waals surface area contributed by atoms with Crippen molar-refractivity contribution < 1.29 is 9.32 Å². The van der Waals surface area contributed by atoms with Crippen LogP contribution in [0.2, 0.25) is 5.02 Å². The summed E-state index contributed by atoms with van der Waals surface area (Å²) in [6.07, 6.45) is 1.66. The van der Waals surface area contributed by atoms with E-state index in [-0.39, 0.29) is 12.5 Å². The molecule has 0 fully saturated rings. The number of aromatic nitrogens is 2. The van der Waals surface area contributed by atoms with Gasteiger partial charge in [-0.1, -0.05) is 53.2 Å². The van der Waals surface area contributed by atoms with Crippen molar-refractivity contribution in [3.8, 4) is 11.4 Å². The standard InChI is InChI=1S/C19H16ClN3O2/c1-2-12-23(19(24)15-8-10-16(20)11-9-15)13-17-21-18(22-25-17)14-6-4-3-5-7-14/h2-11H,1,12-13H2. The molecule has 3 aromatic rings. The number of hydrogen-bond donors (Lipinski definition) is 0. The Kier molecular flexibility index (Phi) is 5.26. The van der Waals surface area contributed by atoms with E-state index >= 15 is 0 Å². The molecule has 0 N–H and O–H groups in total. The lowest BCUT2D eigenvalue weighted by molar-refractivity contribution is 0.0745. The number of nitrogens with zero attached hydrogens (tertiary/aromatic N) is 3. The second-order valence-electron chi connectivity index (χ2n) is 5.36. The highest BCUT2D eigenvalue weighted by Crippen LogP contribution is 2.17. The van der Waals surface area contributed by atoms with E-state index in [1.165, 1.54) is 0 Å². The molecule has 0 spiro atoms. The predicted octanol–water partition coefficient (Wildman–Crippen LogP) is 4.22. The van der Waals surface area contributed by atoms with Crippen molar-refractivity contribution in [2.24, 2.45) is 0 Å². The molecule has 0 saturated carbocycles. The average molecular weight is 354 g/mol. The van der Waals surface area contributed by atoms with Crippen LogP contribution in [-0.4, -0.2) is 27.5 Å². The van der Waals surface area contributed by atoms with Gasteiger partial charge in [0.2, 0.25) is 11.7 Å². The van der Waals surface area contributed by atoms with Crippen molar-refractivity contribution >= 4 is 17.5 Å². The van der Waals surface area contributed by atoms with E-state index < -0.39 is 0 Å². The zero-order valence-electron chi connectivity index (χ0n) is 13.4. The zero-order valence-corrected chi connectivity index (χ0v) is 14.2. The first-order chi connectivity index (χ1) is 12.2. The SMILES string of the molecule is C=CCN(Cc1nc(-c2ccccc2)no1)C(=O)c1ccc(Cl)cc1. The van der Waals surface area contributed by atoms with Crippen molar-refractivity contribution in [1.29, 1.82) is 0 Å². The Labute approximate surface area is 150 Å². The van der Waals surface area contributed by atoms with Crippen LogP contribution >= 0.6 is 11.6 Å². The maximum absolute atomic E-state index is 12.7. The van der Waals surface area contributed by atoms with Crippen LogP contribution in [-0.2, 0) is 6.54 Å². The summed E-state index contributed by atoms with van der Waals surface area (Å²) < 4.78 is 5.29. The summed E-state index contributed by atoms with van der Waals surface area (Å²) in [4.78, 5) is 18.6. The van der Waals surface area contributed by atoms with Gasteiger partial charge < -0.3 is 9.42 Å². The van der Waals surface area contributed by atoms with E-state index in [1.807, 2.05) is 30.3 Å². The van der Waals surface area contributed by atoms with Gasteiger partial charge in [0.05, 0.1) is 0 Å². The monoisotopic (exact) mass is 353 g/mol. The van der Waals surface area contributed by atoms with E-state index in [0.717, 1.165) is 5.56 Å². The van der Waals surface area contributed by atoms with E-state index in [4.69, 9.17) is 16.1 Å². The minimum atomic E-state index is -0.156. The zero-order chi connectivity index (χ0) is 17.6. The van der Waals surface area contributed by atoms with Crippen LogP contribution in [0.5, 0.6) is 0 Å². The number of carbonyl (C=O) groups is 1. The number of amides is 1. The number of carbonyl (C=O) groups excluding carboxylic acids is 1. The van der Waals surface area contributed by atoms with E-state index in [9.17, 15) is 4.79 Å². The van der Waals surface area contributed by atoms with Gasteiger partial charge in [-0.15, -0.1) is 6.58 Å². The van der Waals surface area contributed by atoms with Gasteiger partial charge >= 0.3 is 0 Å². The third-order valence-corrected chi connectivity index (χ3v) is 3.81. The highest BCUT2D eigenvalue weighted by atomic mass is 35.5. The van der Waals surface area contributed by atoms with Crippen LogP contribution in [0.15, 0.2) is 71.8 Å². The predicted molar refractivity (Wildman–Crippen MR) is 96.1 cm³/mol. The third-order valence-electron chi connectivity index (χ3n) is 3.55. The second kappa shape index (κ2) is 7.77. The van der Waals surface area contributed by atoms with Gasteiger partial charge in [0.1, 0.15) is 6.54 Å². The Morgan fingerprint density at radius 1 is 1.16 bits per heavy atom. The molecule has 0 atom stereocenters. The molecule has 0 saturated heterocycles. The fraction of sp³-hybridized carbons (Fsp3) is 0.105. The molecule has 2 aromatic carbocycles. The molecule has 1 amide bonds. The van der Waals surface area contributed by atoms with Gasteiger partial charge in [-0.2, -0.15) is 4.98 Å². The summed E-state index contributed by atoms with van der Waals surface area (Å²) in [6.45, 7) is 4.27. The molecule has 0 aliphatic rings. The van der Waals surface area contributed by atoms with Gasteiger partial charge in [0.25, 0.3) is 5.91 Å². The first-order valence-electron chi connectivity index (χ1n) is 7.71. The average Bonchev–Trinajstić information content (AvgIpc) is 3.11. The summed E-state index contributed by atoms with van der Waals surface area (Å²) in [6, 6.07) is 16.3. The highest BCUT2D eigenvalue weighted by Gasteiger charge is 2.18. The lowest BCUT2D eigenvalue weighted by Gasteiger charge is -2.19. The van der Waals surface area contributed by atoms with Crippen LogP contribution in [0.25, 0.3) is 11.4 Å². The maximum Gasteiger partial charge on any atom is 0.254 e. The topological polar surface area (TPSA) is 59.2 Å². The van der Waals surface area contributed by atoms with E-state index in [1.54, 1.807) is 35.2 Å². The summed E-state index contributed by atoms with van der Waals surface area (Å²) in [7, 11) is 0. The molecular weight excluding hydrogens is 338 g/mol. The largest absolute Gasteiger partial charge is 0.337 e. The smallest absolute Gasteiger partial charge is 0.254 e. The third kappa shape index (κ3) is 4.14. The van der Waals surface area contributed by atoms with Crippen LogP contribution in [0.1, 0.15) is 16.2 Å². The quantitative estimate of drug-likeness (QED) is 0.622. The van der Waals surface area contributed by atoms with Gasteiger partial charge in [0, 0.05) is 22.7 Å². The molecule has 0 bridgehead atoms. The molecule has 6 heteroatoms. The van der Waals surface area contributed by atoms with Crippen molar-refractivity contribution in [3.05, 3.63) is 83.7 Å². The molecule has 126 valence electrons. The lowest BCUT2D eigenvalue weighted by Crippen LogP contribution is -2.30. The summed E-state index contributed by atoms with van der Waals surface area (Å²) in [5.74, 6) is 0.701. The summed E-state index contributed by atoms with van der Waals surface area (Å²) in [5, 5.41) is 4.56. The van der Waals surface area contributed by atoms with Crippen LogP contribution in [0.3, 0.4) is 0 Å². The molecule has 0 aliphatic carbocycles. The minimum absolute atomic E-state index is 0.156. The molecular formula is C19H16ClN3O2. The molecule has 25 heavy (non-hydrogen) atoms. The molecule has 1 heterocycles. The molecule has 1 aromatic heterocycles. The lowest BCUT2D eigenvalue weighted by atomic mass is 10.2. The molecule has 0 unspecified atom stereocenters. The maximum atomic E-state index is 12.7. The summed E-state index contributed by atoms with van der Waals surface area (Å²) in [5.41, 5.74) is 1.39. The van der Waals surface area contributed by atoms with Gasteiger partial charge in [-0.3, -0.25) is 4.79 Å². The number of rotatable bonds is 6. The number of halogens is 1. The van der Waals surface area contributed by atoms with Gasteiger partial charge in [-0.25, -0.2) is 0 Å². The number of benzene rings is 2. The van der Waals surface area contributed by atoms with E-state index in [0.29, 0.717) is 28.8 Å². The van der Waals surface area contributed by atoms with Crippen LogP contribution in [0.4, 0.5) is 0 Å². The second-order valence-corrected chi connectivity index (χ2v) is 5.80. The van der Waals surface area contributed by atoms with Crippen molar-refractivity contribution in [3.63, 3.8) is 0 Å². The van der Waals surface area contributed by atoms with Crippen molar-refractivity contribution in [2.45, 2.75) is 6.54 Å². The molecule has 5 nitrogen and oxygen atoms in total. The fourth-order valence-electron chi connectivity index (χ4n) is 2.34. The Morgan fingerprint density at radius 3 is 2.56 bits per heavy atom. The Balaban J connectivity index is 1.78. The Bertz CT molecular complexity index is 860. The van der Waals surface area contributed by atoms with Crippen LogP contribution < -0.4 is 0 Å². The van der Waals surface area contributed by atoms with E-state index in [2.05, 4.69) is 16.7 Å². The van der Waals surface area contributed by atoms with Crippen LogP contribution in [0, 0.1) is 0 Å². The molecule has 3 rings (SSSR count). The molecule has 0 aliphatic heterocycles. The fourth-order valence-corrected chi connectivity index (χ4v) is 2.46. The summed E-state index contributed by atoms with van der Waals surface area (Å²) >= 11 is 5.87. The Hall–Kier alpha value is -2.92. The normalized spacial score (nSPS) is 10.4. The van der Waals surface area contributed by atoms with Gasteiger partial charge in [0.15, 0.2) is 0 Å². The first kappa shape index (κ1) is 16.9. The van der Waals surface area contributed by atoms with Crippen molar-refractivity contribution in [2.75, 3.05) is 6.54 Å². The number of hydrogen-bond acceptors (Lipinski definition) is 4. The first-order valence-corrected chi connectivity index (χ1v) is 8.09. The highest BCUT2D eigenvalue weighted by molar-refractivity contribution is 6.30. The minimum Gasteiger partial charge on any atom is -0.337 e. The Morgan fingerprint density at radius 2 is 1.88 bits per heavy atom. The van der Waals surface area contributed by atoms with Gasteiger partial charge in [-0.05, 0) is 24.3 Å². The van der Waals surface area contributed by atoms with Crippen molar-refractivity contribution in [1.82, 2.24) is 15.0 Å². The molecule has 0 radical (unpaired) electrons.